The third-order valence-electron chi connectivity index (χ3n) is 2.51. The zero-order chi connectivity index (χ0) is 12.3. The van der Waals surface area contributed by atoms with Crippen molar-refractivity contribution in [2.75, 3.05) is 7.05 Å². The van der Waals surface area contributed by atoms with E-state index in [0.29, 0.717) is 4.90 Å². The molecule has 0 spiro atoms. The average Bonchev–Trinajstić information content (AvgIpc) is 2.39. The number of benzene rings is 1. The number of nitrogens with zero attached hydrogens (tertiary/aromatic N) is 2. The maximum absolute atomic E-state index is 12.9. The number of hydrogen-bond acceptors (Lipinski definition) is 3. The Morgan fingerprint density at radius 1 is 1.12 bits per heavy atom. The Balaban J connectivity index is 2.66. The molecule has 0 aliphatic rings. The highest BCUT2D eigenvalue weighted by Crippen LogP contribution is 2.22. The topological polar surface area (TPSA) is 42.3 Å². The lowest BCUT2D eigenvalue weighted by atomic mass is 10.4. The molecule has 0 radical (unpaired) electrons. The Hall–Kier alpha value is -1.68. The van der Waals surface area contributed by atoms with E-state index >= 15 is 0 Å². The van der Waals surface area contributed by atoms with Gasteiger partial charge in [-0.15, -0.1) is 0 Å². The minimum absolute atomic E-state index is 0.707. The lowest BCUT2D eigenvalue weighted by Gasteiger charge is -2.09. The van der Waals surface area contributed by atoms with E-state index in [1.165, 1.54) is 0 Å². The maximum Gasteiger partial charge on any atom is 0.104 e. The van der Waals surface area contributed by atoms with Crippen LogP contribution >= 0.6 is 0 Å². The smallest absolute Gasteiger partial charge is 0.104 e. The van der Waals surface area contributed by atoms with Gasteiger partial charge in [0.2, 0.25) is 0 Å². The number of aryl methyl sites for hydroxylation is 1. The Kier molecular flexibility index (Phi) is 3.24. The molecule has 17 heavy (non-hydrogen) atoms. The van der Waals surface area contributed by atoms with Crippen molar-refractivity contribution >= 4 is 9.73 Å². The first-order valence-corrected chi connectivity index (χ1v) is 6.81. The highest BCUT2D eigenvalue weighted by molar-refractivity contribution is 7.93. The number of pyridine rings is 1. The molecule has 0 bridgehead atoms. The van der Waals surface area contributed by atoms with Crippen LogP contribution in [0.2, 0.25) is 0 Å². The first-order valence-electron chi connectivity index (χ1n) is 5.30. The predicted molar refractivity (Wildman–Crippen MR) is 68.4 cm³/mol. The van der Waals surface area contributed by atoms with Gasteiger partial charge in [-0.05, 0) is 31.2 Å². The zero-order valence-electron chi connectivity index (χ0n) is 9.83. The van der Waals surface area contributed by atoms with Crippen LogP contribution in [0.4, 0.5) is 0 Å². The van der Waals surface area contributed by atoms with Crippen molar-refractivity contribution in [1.82, 2.24) is 4.98 Å². The van der Waals surface area contributed by atoms with Crippen LogP contribution in [0.1, 0.15) is 5.69 Å². The molecule has 1 heterocycles. The number of rotatable bonds is 2. The summed E-state index contributed by atoms with van der Waals surface area (Å²) in [5.74, 6) is 0. The lowest BCUT2D eigenvalue weighted by molar-refractivity contribution is 0.675. The van der Waals surface area contributed by atoms with E-state index in [0.717, 1.165) is 10.6 Å². The molecule has 0 aliphatic carbocycles. The molecule has 3 nitrogen and oxygen atoms in total. The van der Waals surface area contributed by atoms with Crippen LogP contribution in [0.3, 0.4) is 0 Å². The predicted octanol–water partition coefficient (Wildman–Crippen LogP) is 2.91. The van der Waals surface area contributed by atoms with E-state index in [1.807, 2.05) is 43.3 Å². The maximum atomic E-state index is 12.9. The lowest BCUT2D eigenvalue weighted by Crippen LogP contribution is -2.02. The summed E-state index contributed by atoms with van der Waals surface area (Å²) in [6.07, 6.45) is 1.67. The zero-order valence-corrected chi connectivity index (χ0v) is 10.6. The fourth-order valence-corrected chi connectivity index (χ4v) is 3.44. The van der Waals surface area contributed by atoms with Crippen LogP contribution in [0.25, 0.3) is 0 Å². The standard InChI is InChI=1S/C13H14N2OS/c1-11-10-13(8-9-15-11)17(16,14-2)12-6-4-3-5-7-12/h3-10H,1-2H3. The summed E-state index contributed by atoms with van der Waals surface area (Å²) in [5.41, 5.74) is 0.842. The van der Waals surface area contributed by atoms with Crippen LogP contribution in [-0.4, -0.2) is 16.2 Å². The Bertz CT molecular complexity index is 629. The summed E-state index contributed by atoms with van der Waals surface area (Å²) in [5, 5.41) is 0. The molecule has 0 N–H and O–H groups in total. The summed E-state index contributed by atoms with van der Waals surface area (Å²) in [7, 11) is -0.933. The fourth-order valence-electron chi connectivity index (χ4n) is 1.64. The third-order valence-corrected chi connectivity index (χ3v) is 4.83. The Morgan fingerprint density at radius 3 is 2.41 bits per heavy atom. The molecule has 1 unspecified atom stereocenters. The van der Waals surface area contributed by atoms with E-state index < -0.39 is 9.73 Å². The molecule has 0 amide bonds. The quantitative estimate of drug-likeness (QED) is 0.817. The van der Waals surface area contributed by atoms with Crippen molar-refractivity contribution in [3.05, 3.63) is 54.4 Å². The van der Waals surface area contributed by atoms with Gasteiger partial charge in [0.1, 0.15) is 9.73 Å². The average molecular weight is 246 g/mol. The third kappa shape index (κ3) is 2.22. The summed E-state index contributed by atoms with van der Waals surface area (Å²) in [6.45, 7) is 1.88. The van der Waals surface area contributed by atoms with E-state index in [-0.39, 0.29) is 0 Å². The van der Waals surface area contributed by atoms with Gasteiger partial charge in [0.15, 0.2) is 0 Å². The first-order chi connectivity index (χ1) is 8.16. The second kappa shape index (κ2) is 4.67. The van der Waals surface area contributed by atoms with Crippen LogP contribution in [0.5, 0.6) is 0 Å². The molecule has 2 aromatic rings. The van der Waals surface area contributed by atoms with Crippen molar-refractivity contribution in [2.45, 2.75) is 16.7 Å². The molecule has 2 rings (SSSR count). The van der Waals surface area contributed by atoms with Crippen molar-refractivity contribution in [3.63, 3.8) is 0 Å². The van der Waals surface area contributed by atoms with Gasteiger partial charge >= 0.3 is 0 Å². The molecule has 0 saturated carbocycles. The number of hydrogen-bond donors (Lipinski definition) is 0. The normalized spacial score (nSPS) is 14.0. The number of aromatic nitrogens is 1. The van der Waals surface area contributed by atoms with Gasteiger partial charge in [-0.3, -0.25) is 4.98 Å². The molecule has 0 aliphatic heterocycles. The molecule has 88 valence electrons. The highest BCUT2D eigenvalue weighted by atomic mass is 32.2. The summed E-state index contributed by atoms with van der Waals surface area (Å²) >= 11 is 0. The summed E-state index contributed by atoms with van der Waals surface area (Å²) < 4.78 is 17.0. The minimum Gasteiger partial charge on any atom is -0.262 e. The molecule has 4 heteroatoms. The monoisotopic (exact) mass is 246 g/mol. The molecular formula is C13H14N2OS. The van der Waals surface area contributed by atoms with E-state index in [1.54, 1.807) is 19.3 Å². The molecule has 1 atom stereocenters. The molecule has 1 aromatic heterocycles. The Morgan fingerprint density at radius 2 is 1.82 bits per heavy atom. The SMILES string of the molecule is CN=S(=O)(c1ccccc1)c1ccnc(C)c1. The summed E-state index contributed by atoms with van der Waals surface area (Å²) in [4.78, 5) is 5.55. The van der Waals surface area contributed by atoms with Gasteiger partial charge < -0.3 is 0 Å². The van der Waals surface area contributed by atoms with E-state index in [9.17, 15) is 4.21 Å². The Labute approximate surface area is 102 Å². The van der Waals surface area contributed by atoms with Crippen molar-refractivity contribution in [1.29, 1.82) is 0 Å². The fraction of sp³-hybridized carbons (Fsp3) is 0.154. The molecule has 0 saturated heterocycles. The van der Waals surface area contributed by atoms with Crippen LogP contribution in [0, 0.1) is 6.92 Å². The van der Waals surface area contributed by atoms with Crippen molar-refractivity contribution < 1.29 is 4.21 Å². The first kappa shape index (κ1) is 11.8. The highest BCUT2D eigenvalue weighted by Gasteiger charge is 2.14. The largest absolute Gasteiger partial charge is 0.262 e. The van der Waals surface area contributed by atoms with Crippen LogP contribution in [0.15, 0.2) is 62.8 Å². The van der Waals surface area contributed by atoms with Gasteiger partial charge in [0, 0.05) is 18.9 Å². The molecular weight excluding hydrogens is 232 g/mol. The van der Waals surface area contributed by atoms with Gasteiger partial charge in [0.25, 0.3) is 0 Å². The van der Waals surface area contributed by atoms with Crippen LogP contribution in [-0.2, 0) is 9.73 Å². The summed E-state index contributed by atoms with van der Waals surface area (Å²) in [6, 6.07) is 12.9. The van der Waals surface area contributed by atoms with Crippen molar-refractivity contribution in [3.8, 4) is 0 Å². The van der Waals surface area contributed by atoms with E-state index in [2.05, 4.69) is 9.35 Å². The second-order valence-corrected chi connectivity index (χ2v) is 6.01. The van der Waals surface area contributed by atoms with Gasteiger partial charge in [-0.1, -0.05) is 18.2 Å². The van der Waals surface area contributed by atoms with E-state index in [4.69, 9.17) is 0 Å². The minimum atomic E-state index is -2.52. The molecule has 0 fully saturated rings. The van der Waals surface area contributed by atoms with Gasteiger partial charge in [0.05, 0.1) is 9.79 Å². The van der Waals surface area contributed by atoms with Crippen LogP contribution < -0.4 is 0 Å². The second-order valence-electron chi connectivity index (χ2n) is 3.65. The van der Waals surface area contributed by atoms with Gasteiger partial charge in [-0.25, -0.2) is 8.57 Å². The van der Waals surface area contributed by atoms with Gasteiger partial charge in [-0.2, -0.15) is 0 Å². The van der Waals surface area contributed by atoms with Crippen molar-refractivity contribution in [2.24, 2.45) is 4.36 Å². The molecule has 1 aromatic carbocycles.